The largest absolute Gasteiger partial charge is 0.411 e. The molecule has 0 spiro atoms. The van der Waals surface area contributed by atoms with Crippen LogP contribution in [-0.2, 0) is 4.74 Å². The molecular formula is C11H21F3O. The normalized spacial score (nSPS) is 14.6. The summed E-state index contributed by atoms with van der Waals surface area (Å²) in [6.07, 6.45) is -0.683. The summed E-state index contributed by atoms with van der Waals surface area (Å²) < 4.78 is 40.7. The third-order valence-corrected chi connectivity index (χ3v) is 2.30. The molecule has 0 N–H and O–H groups in total. The SMILES string of the molecule is CCCCCC(OCC(F)(F)F)C(C)C. The molecule has 15 heavy (non-hydrogen) atoms. The summed E-state index contributed by atoms with van der Waals surface area (Å²) in [5.74, 6) is 0.143. The van der Waals surface area contributed by atoms with Crippen molar-refractivity contribution in [2.45, 2.75) is 58.7 Å². The first-order chi connectivity index (χ1) is 6.87. The molecule has 0 heterocycles. The van der Waals surface area contributed by atoms with Gasteiger partial charge in [0.1, 0.15) is 6.61 Å². The number of ether oxygens (including phenoxy) is 1. The molecular weight excluding hydrogens is 205 g/mol. The highest BCUT2D eigenvalue weighted by Gasteiger charge is 2.29. The molecule has 92 valence electrons. The Balaban J connectivity index is 3.84. The standard InChI is InChI=1S/C11H21F3O/c1-4-5-6-7-10(9(2)3)15-8-11(12,13)14/h9-10H,4-8H2,1-3H3. The van der Waals surface area contributed by atoms with Gasteiger partial charge in [-0.25, -0.2) is 0 Å². The highest BCUT2D eigenvalue weighted by molar-refractivity contribution is 4.64. The lowest BCUT2D eigenvalue weighted by atomic mass is 10.0. The monoisotopic (exact) mass is 226 g/mol. The second-order valence-corrected chi connectivity index (χ2v) is 4.20. The van der Waals surface area contributed by atoms with Crippen LogP contribution in [0.15, 0.2) is 0 Å². The summed E-state index contributed by atoms with van der Waals surface area (Å²) >= 11 is 0. The van der Waals surface area contributed by atoms with Crippen molar-refractivity contribution in [2.75, 3.05) is 6.61 Å². The number of rotatable bonds is 7. The van der Waals surface area contributed by atoms with Crippen molar-refractivity contribution in [1.82, 2.24) is 0 Å². The van der Waals surface area contributed by atoms with Crippen molar-refractivity contribution in [2.24, 2.45) is 5.92 Å². The molecule has 1 nitrogen and oxygen atoms in total. The fourth-order valence-electron chi connectivity index (χ4n) is 1.41. The van der Waals surface area contributed by atoms with Crippen LogP contribution < -0.4 is 0 Å². The second-order valence-electron chi connectivity index (χ2n) is 4.20. The van der Waals surface area contributed by atoms with Gasteiger partial charge in [0.2, 0.25) is 0 Å². The van der Waals surface area contributed by atoms with Crippen LogP contribution in [0.4, 0.5) is 13.2 Å². The fourth-order valence-corrected chi connectivity index (χ4v) is 1.41. The first-order valence-corrected chi connectivity index (χ1v) is 5.55. The summed E-state index contributed by atoms with van der Waals surface area (Å²) in [6.45, 7) is 4.74. The summed E-state index contributed by atoms with van der Waals surface area (Å²) in [6, 6.07) is 0. The zero-order valence-electron chi connectivity index (χ0n) is 9.73. The third-order valence-electron chi connectivity index (χ3n) is 2.30. The molecule has 0 aromatic rings. The van der Waals surface area contributed by atoms with E-state index in [-0.39, 0.29) is 12.0 Å². The number of halogens is 3. The molecule has 4 heteroatoms. The lowest BCUT2D eigenvalue weighted by Gasteiger charge is -2.22. The molecule has 0 aliphatic carbocycles. The first-order valence-electron chi connectivity index (χ1n) is 5.55. The maximum Gasteiger partial charge on any atom is 0.411 e. The molecule has 0 aromatic carbocycles. The van der Waals surface area contributed by atoms with Gasteiger partial charge in [0.25, 0.3) is 0 Å². The van der Waals surface area contributed by atoms with E-state index in [0.29, 0.717) is 0 Å². The average molecular weight is 226 g/mol. The first kappa shape index (κ1) is 14.8. The zero-order valence-corrected chi connectivity index (χ0v) is 9.73. The maximum absolute atomic E-state index is 11.9. The Kier molecular flexibility index (Phi) is 6.98. The van der Waals surface area contributed by atoms with Crippen LogP contribution in [0, 0.1) is 5.92 Å². The van der Waals surface area contributed by atoms with E-state index in [0.717, 1.165) is 25.7 Å². The minimum absolute atomic E-state index is 0.143. The Morgan fingerprint density at radius 3 is 2.13 bits per heavy atom. The van der Waals surface area contributed by atoms with E-state index < -0.39 is 12.8 Å². The molecule has 0 amide bonds. The van der Waals surface area contributed by atoms with Crippen LogP contribution >= 0.6 is 0 Å². The molecule has 0 bridgehead atoms. The van der Waals surface area contributed by atoms with E-state index in [9.17, 15) is 13.2 Å². The Morgan fingerprint density at radius 2 is 1.73 bits per heavy atom. The van der Waals surface area contributed by atoms with Gasteiger partial charge in [-0.15, -0.1) is 0 Å². The van der Waals surface area contributed by atoms with E-state index in [1.165, 1.54) is 0 Å². The molecule has 0 aliphatic rings. The van der Waals surface area contributed by atoms with Gasteiger partial charge in [-0.05, 0) is 12.3 Å². The highest BCUT2D eigenvalue weighted by Crippen LogP contribution is 2.20. The van der Waals surface area contributed by atoms with Crippen molar-refractivity contribution < 1.29 is 17.9 Å². The minimum atomic E-state index is -4.21. The lowest BCUT2D eigenvalue weighted by Crippen LogP contribution is -2.26. The number of hydrogen-bond donors (Lipinski definition) is 0. The van der Waals surface area contributed by atoms with E-state index in [4.69, 9.17) is 4.74 Å². The van der Waals surface area contributed by atoms with Crippen LogP contribution in [0.5, 0.6) is 0 Å². The Hall–Kier alpha value is -0.250. The summed E-state index contributed by atoms with van der Waals surface area (Å²) in [4.78, 5) is 0. The van der Waals surface area contributed by atoms with Crippen molar-refractivity contribution >= 4 is 0 Å². The molecule has 1 unspecified atom stereocenters. The van der Waals surface area contributed by atoms with Gasteiger partial charge in [0, 0.05) is 0 Å². The minimum Gasteiger partial charge on any atom is -0.369 e. The molecule has 0 aliphatic heterocycles. The van der Waals surface area contributed by atoms with Gasteiger partial charge in [-0.2, -0.15) is 13.2 Å². The van der Waals surface area contributed by atoms with Crippen molar-refractivity contribution in [3.05, 3.63) is 0 Å². The maximum atomic E-state index is 11.9. The molecule has 0 saturated heterocycles. The van der Waals surface area contributed by atoms with E-state index >= 15 is 0 Å². The average Bonchev–Trinajstić information content (AvgIpc) is 2.08. The van der Waals surface area contributed by atoms with Crippen molar-refractivity contribution in [3.63, 3.8) is 0 Å². The summed E-state index contributed by atoms with van der Waals surface area (Å²) in [5, 5.41) is 0. The molecule has 0 radical (unpaired) electrons. The number of hydrogen-bond acceptors (Lipinski definition) is 1. The van der Waals surface area contributed by atoms with Gasteiger partial charge < -0.3 is 4.74 Å². The number of alkyl halides is 3. The lowest BCUT2D eigenvalue weighted by molar-refractivity contribution is -0.190. The Morgan fingerprint density at radius 1 is 1.13 bits per heavy atom. The van der Waals surface area contributed by atoms with Gasteiger partial charge in [-0.1, -0.05) is 40.0 Å². The topological polar surface area (TPSA) is 9.23 Å². The summed E-state index contributed by atoms with van der Waals surface area (Å²) in [5.41, 5.74) is 0. The van der Waals surface area contributed by atoms with Crippen LogP contribution in [0.25, 0.3) is 0 Å². The smallest absolute Gasteiger partial charge is 0.369 e. The Labute approximate surface area is 90.0 Å². The Bertz CT molecular complexity index is 154. The fraction of sp³-hybridized carbons (Fsp3) is 1.00. The van der Waals surface area contributed by atoms with Crippen LogP contribution in [-0.4, -0.2) is 18.9 Å². The van der Waals surface area contributed by atoms with Crippen molar-refractivity contribution in [3.8, 4) is 0 Å². The van der Waals surface area contributed by atoms with E-state index in [2.05, 4.69) is 6.92 Å². The molecule has 0 fully saturated rings. The third kappa shape index (κ3) is 8.73. The van der Waals surface area contributed by atoms with E-state index in [1.807, 2.05) is 13.8 Å². The molecule has 0 saturated carbocycles. The van der Waals surface area contributed by atoms with Crippen LogP contribution in [0.3, 0.4) is 0 Å². The number of unbranched alkanes of at least 4 members (excludes halogenated alkanes) is 2. The molecule has 0 rings (SSSR count). The van der Waals surface area contributed by atoms with Gasteiger partial charge in [-0.3, -0.25) is 0 Å². The predicted octanol–water partition coefficient (Wildman–Crippen LogP) is 4.17. The second kappa shape index (κ2) is 7.09. The highest BCUT2D eigenvalue weighted by atomic mass is 19.4. The summed E-state index contributed by atoms with van der Waals surface area (Å²) in [7, 11) is 0. The molecule has 0 aromatic heterocycles. The quantitative estimate of drug-likeness (QED) is 0.592. The predicted molar refractivity (Wildman–Crippen MR) is 54.8 cm³/mol. The van der Waals surface area contributed by atoms with Gasteiger partial charge >= 0.3 is 6.18 Å². The van der Waals surface area contributed by atoms with Gasteiger partial charge in [0.15, 0.2) is 0 Å². The van der Waals surface area contributed by atoms with Crippen molar-refractivity contribution in [1.29, 1.82) is 0 Å². The van der Waals surface area contributed by atoms with Crippen LogP contribution in [0.2, 0.25) is 0 Å². The zero-order chi connectivity index (χ0) is 11.9. The van der Waals surface area contributed by atoms with Gasteiger partial charge in [0.05, 0.1) is 6.10 Å². The molecule has 1 atom stereocenters. The van der Waals surface area contributed by atoms with E-state index in [1.54, 1.807) is 0 Å². The van der Waals surface area contributed by atoms with Crippen LogP contribution in [0.1, 0.15) is 46.5 Å².